The zero-order chi connectivity index (χ0) is 12.3. The number of carbonyl (C=O) groups excluding carboxylic acids is 1. The topological polar surface area (TPSA) is 26.3 Å². The molecule has 0 spiro atoms. The number of carbonyl (C=O) groups is 1. The Morgan fingerprint density at radius 3 is 2.71 bits per heavy atom. The Morgan fingerprint density at radius 2 is 2.00 bits per heavy atom. The van der Waals surface area contributed by atoms with Crippen molar-refractivity contribution in [1.82, 2.24) is 0 Å². The minimum atomic E-state index is -0.0360. The lowest BCUT2D eigenvalue weighted by Crippen LogP contribution is -2.30. The second-order valence-electron chi connectivity index (χ2n) is 4.56. The molecule has 0 bridgehead atoms. The fourth-order valence-corrected chi connectivity index (χ4v) is 2.10. The molecule has 1 aromatic carbocycles. The van der Waals surface area contributed by atoms with Crippen LogP contribution in [0.5, 0.6) is 0 Å². The second-order valence-corrected chi connectivity index (χ2v) is 4.56. The van der Waals surface area contributed by atoms with E-state index < -0.39 is 0 Å². The number of rotatable bonds is 3. The van der Waals surface area contributed by atoms with E-state index in [1.54, 1.807) is 6.08 Å². The first-order chi connectivity index (χ1) is 8.18. The predicted octanol–water partition coefficient (Wildman–Crippen LogP) is 3.30. The number of allylic oxidation sites excluding steroid dienone is 1. The van der Waals surface area contributed by atoms with Gasteiger partial charge in [0.2, 0.25) is 0 Å². The van der Waals surface area contributed by atoms with Gasteiger partial charge in [0.05, 0.1) is 12.2 Å². The Morgan fingerprint density at radius 1 is 1.29 bits per heavy atom. The molecule has 0 saturated heterocycles. The first-order valence-electron chi connectivity index (χ1n) is 6.09. The summed E-state index contributed by atoms with van der Waals surface area (Å²) in [6.45, 7) is 3.97. The predicted molar refractivity (Wildman–Crippen MR) is 67.7 cm³/mol. The molecule has 2 nitrogen and oxygen atoms in total. The first-order valence-corrected chi connectivity index (χ1v) is 6.09. The van der Waals surface area contributed by atoms with E-state index >= 15 is 0 Å². The molecule has 2 rings (SSSR count). The smallest absolute Gasteiger partial charge is 0.160 e. The van der Waals surface area contributed by atoms with Crippen LogP contribution in [0.25, 0.3) is 0 Å². The summed E-state index contributed by atoms with van der Waals surface area (Å²) >= 11 is 0. The highest BCUT2D eigenvalue weighted by Gasteiger charge is 2.27. The van der Waals surface area contributed by atoms with Crippen molar-refractivity contribution in [2.24, 2.45) is 5.92 Å². The fraction of sp³-hybridized carbons (Fsp3) is 0.400. The molecule has 0 aliphatic heterocycles. The van der Waals surface area contributed by atoms with Crippen LogP contribution >= 0.6 is 0 Å². The van der Waals surface area contributed by atoms with E-state index in [-0.39, 0.29) is 23.9 Å². The van der Waals surface area contributed by atoms with Crippen LogP contribution in [-0.2, 0) is 9.53 Å². The SMILES string of the molecule is C[C@H](O[C@H]1CC=CC(=O)[C@H]1C)c1ccccc1. The Bertz CT molecular complexity index is 408. The third kappa shape index (κ3) is 2.83. The van der Waals surface area contributed by atoms with Gasteiger partial charge >= 0.3 is 0 Å². The van der Waals surface area contributed by atoms with Gasteiger partial charge in [-0.2, -0.15) is 0 Å². The van der Waals surface area contributed by atoms with E-state index in [1.807, 2.05) is 38.1 Å². The molecule has 0 saturated carbocycles. The molecule has 1 aliphatic carbocycles. The molecule has 0 heterocycles. The van der Waals surface area contributed by atoms with Gasteiger partial charge in [-0.05, 0) is 25.0 Å². The normalized spacial score (nSPS) is 25.9. The van der Waals surface area contributed by atoms with Crippen molar-refractivity contribution in [3.05, 3.63) is 48.0 Å². The zero-order valence-electron chi connectivity index (χ0n) is 10.3. The molecular weight excluding hydrogens is 212 g/mol. The van der Waals surface area contributed by atoms with Gasteiger partial charge in [-0.15, -0.1) is 0 Å². The standard InChI is InChI=1S/C15H18O2/c1-11-14(16)9-6-10-15(11)17-12(2)13-7-4-3-5-8-13/h3-9,11-12,15H,10H2,1-2H3/t11-,12+,15+/m1/s1. The Labute approximate surface area is 102 Å². The first kappa shape index (κ1) is 12.1. The summed E-state index contributed by atoms with van der Waals surface area (Å²) < 4.78 is 5.99. The molecule has 0 N–H and O–H groups in total. The van der Waals surface area contributed by atoms with Gasteiger partial charge in [-0.1, -0.05) is 43.3 Å². The highest BCUT2D eigenvalue weighted by molar-refractivity contribution is 5.92. The minimum Gasteiger partial charge on any atom is -0.370 e. The second kappa shape index (κ2) is 5.28. The van der Waals surface area contributed by atoms with Crippen LogP contribution < -0.4 is 0 Å². The average molecular weight is 230 g/mol. The van der Waals surface area contributed by atoms with Crippen LogP contribution in [-0.4, -0.2) is 11.9 Å². The number of hydrogen-bond acceptors (Lipinski definition) is 2. The molecule has 0 amide bonds. The van der Waals surface area contributed by atoms with Crippen LogP contribution in [0.4, 0.5) is 0 Å². The molecule has 90 valence electrons. The highest BCUT2D eigenvalue weighted by atomic mass is 16.5. The summed E-state index contributed by atoms with van der Waals surface area (Å²) in [5, 5.41) is 0. The van der Waals surface area contributed by atoms with E-state index in [9.17, 15) is 4.79 Å². The van der Waals surface area contributed by atoms with Gasteiger partial charge in [0, 0.05) is 5.92 Å². The number of ether oxygens (including phenoxy) is 1. The van der Waals surface area contributed by atoms with Gasteiger partial charge < -0.3 is 4.74 Å². The van der Waals surface area contributed by atoms with E-state index in [2.05, 4.69) is 12.1 Å². The van der Waals surface area contributed by atoms with Crippen molar-refractivity contribution in [3.63, 3.8) is 0 Å². The summed E-state index contributed by atoms with van der Waals surface area (Å²) in [5.41, 5.74) is 1.15. The average Bonchev–Trinajstić information content (AvgIpc) is 2.36. The lowest BCUT2D eigenvalue weighted by Gasteiger charge is -2.27. The van der Waals surface area contributed by atoms with E-state index in [1.165, 1.54) is 0 Å². The van der Waals surface area contributed by atoms with E-state index in [4.69, 9.17) is 4.74 Å². The molecule has 0 radical (unpaired) electrons. The molecule has 1 aromatic rings. The third-order valence-electron chi connectivity index (χ3n) is 3.30. The van der Waals surface area contributed by atoms with Crippen molar-refractivity contribution >= 4 is 5.78 Å². The number of hydrogen-bond donors (Lipinski definition) is 0. The summed E-state index contributed by atoms with van der Waals surface area (Å²) in [4.78, 5) is 11.6. The van der Waals surface area contributed by atoms with Gasteiger partial charge in [0.25, 0.3) is 0 Å². The monoisotopic (exact) mass is 230 g/mol. The summed E-state index contributed by atoms with van der Waals surface area (Å²) in [5.74, 6) is 0.132. The summed E-state index contributed by atoms with van der Waals surface area (Å²) in [6.07, 6.45) is 4.43. The van der Waals surface area contributed by atoms with Gasteiger partial charge in [-0.25, -0.2) is 0 Å². The van der Waals surface area contributed by atoms with Crippen LogP contribution in [0.2, 0.25) is 0 Å². The quantitative estimate of drug-likeness (QED) is 0.796. The van der Waals surface area contributed by atoms with Crippen LogP contribution in [0, 0.1) is 5.92 Å². The fourth-order valence-electron chi connectivity index (χ4n) is 2.10. The largest absolute Gasteiger partial charge is 0.370 e. The summed E-state index contributed by atoms with van der Waals surface area (Å²) in [6, 6.07) is 10.1. The molecule has 2 heteroatoms. The molecule has 3 atom stereocenters. The van der Waals surface area contributed by atoms with Crippen molar-refractivity contribution in [1.29, 1.82) is 0 Å². The molecule has 1 aliphatic rings. The summed E-state index contributed by atoms with van der Waals surface area (Å²) in [7, 11) is 0. The molecule has 0 aromatic heterocycles. The van der Waals surface area contributed by atoms with Crippen molar-refractivity contribution in [2.75, 3.05) is 0 Å². The lowest BCUT2D eigenvalue weighted by molar-refractivity contribution is -0.125. The third-order valence-corrected chi connectivity index (χ3v) is 3.30. The highest BCUT2D eigenvalue weighted by Crippen LogP contribution is 2.26. The van der Waals surface area contributed by atoms with E-state index in [0.29, 0.717) is 0 Å². The van der Waals surface area contributed by atoms with Gasteiger partial charge in [0.1, 0.15) is 0 Å². The Hall–Kier alpha value is -1.41. The molecular formula is C15H18O2. The minimum absolute atomic E-state index is 0.00251. The number of benzene rings is 1. The van der Waals surface area contributed by atoms with E-state index in [0.717, 1.165) is 12.0 Å². The number of ketones is 1. The van der Waals surface area contributed by atoms with Gasteiger partial charge in [-0.3, -0.25) is 4.79 Å². The van der Waals surface area contributed by atoms with Crippen molar-refractivity contribution in [3.8, 4) is 0 Å². The lowest BCUT2D eigenvalue weighted by atomic mass is 9.91. The van der Waals surface area contributed by atoms with Crippen LogP contribution in [0.1, 0.15) is 31.9 Å². The maximum absolute atomic E-state index is 11.6. The maximum atomic E-state index is 11.6. The van der Waals surface area contributed by atoms with Crippen LogP contribution in [0.15, 0.2) is 42.5 Å². The maximum Gasteiger partial charge on any atom is 0.160 e. The zero-order valence-corrected chi connectivity index (χ0v) is 10.3. The van der Waals surface area contributed by atoms with Crippen molar-refractivity contribution in [2.45, 2.75) is 32.5 Å². The molecule has 0 fully saturated rings. The Balaban J connectivity index is 2.02. The van der Waals surface area contributed by atoms with Crippen molar-refractivity contribution < 1.29 is 9.53 Å². The molecule has 17 heavy (non-hydrogen) atoms. The Kier molecular flexibility index (Phi) is 3.75. The van der Waals surface area contributed by atoms with Gasteiger partial charge in [0.15, 0.2) is 5.78 Å². The molecule has 0 unspecified atom stereocenters. The van der Waals surface area contributed by atoms with Crippen LogP contribution in [0.3, 0.4) is 0 Å².